The minimum atomic E-state index is -0.152. The lowest BCUT2D eigenvalue weighted by Crippen LogP contribution is -2.33. The lowest BCUT2D eigenvalue weighted by molar-refractivity contribution is 0.424. The molecule has 0 aromatic heterocycles. The lowest BCUT2D eigenvalue weighted by Gasteiger charge is -2.33. The second kappa shape index (κ2) is 5.50. The van der Waals surface area contributed by atoms with Gasteiger partial charge in [0.1, 0.15) is 5.82 Å². The zero-order valence-corrected chi connectivity index (χ0v) is 10.5. The van der Waals surface area contributed by atoms with Crippen molar-refractivity contribution in [3.63, 3.8) is 0 Å². The van der Waals surface area contributed by atoms with Gasteiger partial charge in [0.05, 0.1) is 5.69 Å². The van der Waals surface area contributed by atoms with Crippen LogP contribution in [-0.4, -0.2) is 13.1 Å². The van der Waals surface area contributed by atoms with Crippen molar-refractivity contribution >= 4 is 5.69 Å². The van der Waals surface area contributed by atoms with Crippen molar-refractivity contribution in [1.29, 1.82) is 0 Å². The number of hydrogen-bond donors (Lipinski definition) is 1. The Balaban J connectivity index is 2.15. The van der Waals surface area contributed by atoms with Gasteiger partial charge in [0, 0.05) is 19.6 Å². The zero-order chi connectivity index (χ0) is 12.3. The molecule has 17 heavy (non-hydrogen) atoms. The summed E-state index contributed by atoms with van der Waals surface area (Å²) in [6, 6.07) is 5.81. The van der Waals surface area contributed by atoms with Gasteiger partial charge in [-0.25, -0.2) is 4.39 Å². The van der Waals surface area contributed by atoms with E-state index >= 15 is 0 Å². The number of anilines is 1. The first-order chi connectivity index (χ1) is 8.22. The summed E-state index contributed by atoms with van der Waals surface area (Å²) in [4.78, 5) is 2.09. The van der Waals surface area contributed by atoms with Gasteiger partial charge >= 0.3 is 0 Å². The lowest BCUT2D eigenvalue weighted by atomic mass is 9.94. The highest BCUT2D eigenvalue weighted by atomic mass is 19.1. The van der Waals surface area contributed by atoms with E-state index in [9.17, 15) is 4.39 Å². The smallest absolute Gasteiger partial charge is 0.146 e. The second-order valence-corrected chi connectivity index (χ2v) is 4.89. The molecular formula is C14H21FN2. The van der Waals surface area contributed by atoms with Gasteiger partial charge in [0.2, 0.25) is 0 Å². The molecule has 1 aromatic rings. The molecule has 1 saturated carbocycles. The van der Waals surface area contributed by atoms with Crippen LogP contribution in [0.1, 0.15) is 37.7 Å². The summed E-state index contributed by atoms with van der Waals surface area (Å²) in [6.07, 6.45) is 6.19. The molecular weight excluding hydrogens is 215 g/mol. The fraction of sp³-hybridized carbons (Fsp3) is 0.571. The van der Waals surface area contributed by atoms with Gasteiger partial charge in [0.25, 0.3) is 0 Å². The molecule has 1 aliphatic rings. The molecule has 0 heterocycles. The van der Waals surface area contributed by atoms with Gasteiger partial charge in [-0.15, -0.1) is 0 Å². The molecule has 0 spiro atoms. The predicted molar refractivity (Wildman–Crippen MR) is 69.6 cm³/mol. The van der Waals surface area contributed by atoms with Crippen molar-refractivity contribution in [3.8, 4) is 0 Å². The number of hydrogen-bond acceptors (Lipinski definition) is 2. The monoisotopic (exact) mass is 236 g/mol. The highest BCUT2D eigenvalue weighted by Gasteiger charge is 2.20. The largest absolute Gasteiger partial charge is 0.369 e. The van der Waals surface area contributed by atoms with E-state index in [1.165, 1.54) is 32.1 Å². The molecule has 94 valence electrons. The van der Waals surface area contributed by atoms with Crippen molar-refractivity contribution in [1.82, 2.24) is 0 Å². The van der Waals surface area contributed by atoms with E-state index in [2.05, 4.69) is 4.90 Å². The summed E-state index contributed by atoms with van der Waals surface area (Å²) in [5, 5.41) is 0. The second-order valence-electron chi connectivity index (χ2n) is 4.89. The molecule has 0 aliphatic heterocycles. The molecule has 2 nitrogen and oxygen atoms in total. The van der Waals surface area contributed by atoms with Gasteiger partial charge < -0.3 is 10.6 Å². The normalized spacial score (nSPS) is 17.1. The summed E-state index contributed by atoms with van der Waals surface area (Å²) in [5.41, 5.74) is 7.06. The van der Waals surface area contributed by atoms with Gasteiger partial charge in [-0.3, -0.25) is 0 Å². The first kappa shape index (κ1) is 12.4. The van der Waals surface area contributed by atoms with Gasteiger partial charge in [0.15, 0.2) is 0 Å². The minimum absolute atomic E-state index is 0.152. The van der Waals surface area contributed by atoms with Crippen LogP contribution in [0.4, 0.5) is 10.1 Å². The maximum Gasteiger partial charge on any atom is 0.146 e. The van der Waals surface area contributed by atoms with Crippen LogP contribution in [0.25, 0.3) is 0 Å². The van der Waals surface area contributed by atoms with Crippen LogP contribution >= 0.6 is 0 Å². The van der Waals surface area contributed by atoms with E-state index in [-0.39, 0.29) is 5.82 Å². The van der Waals surface area contributed by atoms with Crippen LogP contribution in [0.2, 0.25) is 0 Å². The zero-order valence-electron chi connectivity index (χ0n) is 10.5. The molecule has 1 aromatic carbocycles. The van der Waals surface area contributed by atoms with Crippen LogP contribution in [0, 0.1) is 5.82 Å². The fourth-order valence-corrected chi connectivity index (χ4v) is 2.63. The van der Waals surface area contributed by atoms with Crippen LogP contribution in [0.3, 0.4) is 0 Å². The number of benzene rings is 1. The summed E-state index contributed by atoms with van der Waals surface area (Å²) < 4.78 is 13.9. The van der Waals surface area contributed by atoms with Gasteiger partial charge in [-0.1, -0.05) is 25.3 Å². The molecule has 1 aliphatic carbocycles. The predicted octanol–water partition coefficient (Wildman–Crippen LogP) is 3.05. The Bertz CT molecular complexity index is 372. The van der Waals surface area contributed by atoms with E-state index in [0.29, 0.717) is 18.3 Å². The fourth-order valence-electron chi connectivity index (χ4n) is 2.63. The third-order valence-electron chi connectivity index (χ3n) is 3.75. The Kier molecular flexibility index (Phi) is 4.00. The standard InChI is InChI=1S/C14H21FN2/c1-17(12-5-3-2-4-6-12)14-8-7-11(10-16)9-13(14)15/h7-9,12H,2-6,10,16H2,1H3. The molecule has 0 atom stereocenters. The number of rotatable bonds is 3. The molecule has 0 saturated heterocycles. The van der Waals surface area contributed by atoms with E-state index in [4.69, 9.17) is 5.73 Å². The quantitative estimate of drug-likeness (QED) is 0.874. The number of nitrogens with zero attached hydrogens (tertiary/aromatic N) is 1. The van der Waals surface area contributed by atoms with Crippen LogP contribution < -0.4 is 10.6 Å². The SMILES string of the molecule is CN(c1ccc(CN)cc1F)C1CCCCC1. The highest BCUT2D eigenvalue weighted by Crippen LogP contribution is 2.28. The summed E-state index contributed by atoms with van der Waals surface area (Å²) in [7, 11) is 2.00. The number of nitrogens with two attached hydrogens (primary N) is 1. The van der Waals surface area contributed by atoms with Crippen LogP contribution in [-0.2, 0) is 6.54 Å². The van der Waals surface area contributed by atoms with Crippen molar-refractivity contribution in [2.24, 2.45) is 5.73 Å². The minimum Gasteiger partial charge on any atom is -0.369 e. The molecule has 2 rings (SSSR count). The van der Waals surface area contributed by atoms with Crippen LogP contribution in [0.5, 0.6) is 0 Å². The molecule has 2 N–H and O–H groups in total. The van der Waals surface area contributed by atoms with Crippen LogP contribution in [0.15, 0.2) is 18.2 Å². The van der Waals surface area contributed by atoms with E-state index in [0.717, 1.165) is 5.56 Å². The molecule has 0 radical (unpaired) electrons. The van der Waals surface area contributed by atoms with Gasteiger partial charge in [-0.2, -0.15) is 0 Å². The highest BCUT2D eigenvalue weighted by molar-refractivity contribution is 5.49. The van der Waals surface area contributed by atoms with Crippen molar-refractivity contribution in [2.75, 3.05) is 11.9 Å². The first-order valence-corrected chi connectivity index (χ1v) is 6.43. The maximum absolute atomic E-state index is 13.9. The van der Waals surface area contributed by atoms with E-state index < -0.39 is 0 Å². The summed E-state index contributed by atoms with van der Waals surface area (Å²) in [5.74, 6) is -0.152. The van der Waals surface area contributed by atoms with E-state index in [1.54, 1.807) is 6.07 Å². The Hall–Kier alpha value is -1.09. The van der Waals surface area contributed by atoms with Crippen molar-refractivity contribution < 1.29 is 4.39 Å². The van der Waals surface area contributed by atoms with E-state index in [1.807, 2.05) is 19.2 Å². The topological polar surface area (TPSA) is 29.3 Å². The average molecular weight is 236 g/mol. The molecule has 0 bridgehead atoms. The van der Waals surface area contributed by atoms with Crippen molar-refractivity contribution in [3.05, 3.63) is 29.6 Å². The third kappa shape index (κ3) is 2.78. The third-order valence-corrected chi connectivity index (χ3v) is 3.75. The molecule has 1 fully saturated rings. The maximum atomic E-state index is 13.9. The Morgan fingerprint density at radius 1 is 1.29 bits per heavy atom. The Morgan fingerprint density at radius 3 is 2.59 bits per heavy atom. The number of halogens is 1. The Morgan fingerprint density at radius 2 is 2.00 bits per heavy atom. The summed E-state index contributed by atoms with van der Waals surface area (Å²) >= 11 is 0. The molecule has 0 unspecified atom stereocenters. The van der Waals surface area contributed by atoms with Gasteiger partial charge in [-0.05, 0) is 30.5 Å². The van der Waals surface area contributed by atoms with Crippen molar-refractivity contribution in [2.45, 2.75) is 44.7 Å². The molecule has 0 amide bonds. The average Bonchev–Trinajstić information content (AvgIpc) is 2.39. The first-order valence-electron chi connectivity index (χ1n) is 6.43. The molecule has 3 heteroatoms. The summed E-state index contributed by atoms with van der Waals surface area (Å²) in [6.45, 7) is 0.393. The Labute approximate surface area is 103 Å².